The number of nitrogens with two attached hydrogens (primary N) is 1. The molecule has 0 amide bonds. The van der Waals surface area contributed by atoms with Crippen LogP contribution in [-0.4, -0.2) is 10.5 Å². The molecule has 1 saturated carbocycles. The van der Waals surface area contributed by atoms with Crippen LogP contribution < -0.4 is 5.73 Å². The van der Waals surface area contributed by atoms with Gasteiger partial charge in [0, 0.05) is 22.1 Å². The summed E-state index contributed by atoms with van der Waals surface area (Å²) in [5.74, 6) is 0. The molecule has 0 atom stereocenters. The largest absolute Gasteiger partial charge is 0.325 e. The van der Waals surface area contributed by atoms with Crippen molar-refractivity contribution < 1.29 is 4.92 Å². The Hall–Kier alpha value is -0.940. The first kappa shape index (κ1) is 13.5. The number of halogens is 1. The molecule has 5 heteroatoms. The van der Waals surface area contributed by atoms with Crippen molar-refractivity contribution in [2.75, 3.05) is 0 Å². The van der Waals surface area contributed by atoms with Gasteiger partial charge in [-0.05, 0) is 24.8 Å². The molecular formula is C13H17BrN2O2. The van der Waals surface area contributed by atoms with E-state index in [0.717, 1.165) is 29.3 Å². The van der Waals surface area contributed by atoms with E-state index in [9.17, 15) is 10.1 Å². The average molecular weight is 313 g/mol. The second-order valence-corrected chi connectivity index (χ2v) is 5.99. The molecule has 0 saturated heterocycles. The predicted octanol–water partition coefficient (Wildman–Crippen LogP) is 3.56. The Labute approximate surface area is 115 Å². The standard InChI is InChI=1S/C13H17BrN2O2/c14-12-8-11(16(17)18)5-4-10(12)9-13(15)6-2-1-3-7-13/h4-5,8H,1-3,6-7,9,15H2. The third kappa shape index (κ3) is 3.09. The van der Waals surface area contributed by atoms with Crippen LogP contribution in [0.15, 0.2) is 22.7 Å². The lowest BCUT2D eigenvalue weighted by Crippen LogP contribution is -2.43. The van der Waals surface area contributed by atoms with Crippen molar-refractivity contribution in [3.05, 3.63) is 38.3 Å². The summed E-state index contributed by atoms with van der Waals surface area (Å²) in [6.45, 7) is 0. The van der Waals surface area contributed by atoms with Gasteiger partial charge in [-0.3, -0.25) is 10.1 Å². The second-order valence-electron chi connectivity index (χ2n) is 5.13. The minimum absolute atomic E-state index is 0.111. The first-order valence-electron chi connectivity index (χ1n) is 6.22. The van der Waals surface area contributed by atoms with Gasteiger partial charge in [-0.25, -0.2) is 0 Å². The van der Waals surface area contributed by atoms with Crippen LogP contribution in [0.3, 0.4) is 0 Å². The molecule has 0 radical (unpaired) electrons. The monoisotopic (exact) mass is 312 g/mol. The van der Waals surface area contributed by atoms with Crippen molar-refractivity contribution in [3.8, 4) is 0 Å². The number of nitro groups is 1. The van der Waals surface area contributed by atoms with E-state index in [1.807, 2.05) is 6.07 Å². The summed E-state index contributed by atoms with van der Waals surface area (Å²) < 4.78 is 0.784. The molecule has 0 spiro atoms. The highest BCUT2D eigenvalue weighted by atomic mass is 79.9. The molecule has 0 bridgehead atoms. The van der Waals surface area contributed by atoms with Crippen LogP contribution in [0.4, 0.5) is 5.69 Å². The third-order valence-electron chi connectivity index (χ3n) is 3.64. The topological polar surface area (TPSA) is 69.2 Å². The number of hydrogen-bond acceptors (Lipinski definition) is 3. The highest BCUT2D eigenvalue weighted by Crippen LogP contribution is 2.32. The summed E-state index contributed by atoms with van der Waals surface area (Å²) in [5.41, 5.74) is 7.43. The quantitative estimate of drug-likeness (QED) is 0.685. The normalized spacial score (nSPS) is 18.6. The van der Waals surface area contributed by atoms with E-state index in [-0.39, 0.29) is 16.1 Å². The van der Waals surface area contributed by atoms with Gasteiger partial charge < -0.3 is 5.73 Å². The maximum Gasteiger partial charge on any atom is 0.270 e. The van der Waals surface area contributed by atoms with Crippen molar-refractivity contribution in [3.63, 3.8) is 0 Å². The summed E-state index contributed by atoms with van der Waals surface area (Å²) in [6.07, 6.45) is 6.49. The van der Waals surface area contributed by atoms with Crippen molar-refractivity contribution in [1.29, 1.82) is 0 Å². The van der Waals surface area contributed by atoms with Gasteiger partial charge in [-0.15, -0.1) is 0 Å². The number of nitro benzene ring substituents is 1. The highest BCUT2D eigenvalue weighted by Gasteiger charge is 2.28. The van der Waals surface area contributed by atoms with E-state index in [2.05, 4.69) is 15.9 Å². The molecular weight excluding hydrogens is 296 g/mol. The molecule has 98 valence electrons. The van der Waals surface area contributed by atoms with E-state index in [1.165, 1.54) is 19.3 Å². The van der Waals surface area contributed by atoms with Crippen LogP contribution in [0.1, 0.15) is 37.7 Å². The van der Waals surface area contributed by atoms with Crippen molar-refractivity contribution >= 4 is 21.6 Å². The maximum absolute atomic E-state index is 10.7. The number of rotatable bonds is 3. The summed E-state index contributed by atoms with van der Waals surface area (Å²) >= 11 is 3.41. The number of nitrogens with zero attached hydrogens (tertiary/aromatic N) is 1. The second kappa shape index (κ2) is 5.36. The Bertz CT molecular complexity index is 456. The van der Waals surface area contributed by atoms with Crippen molar-refractivity contribution in [2.45, 2.75) is 44.1 Å². The Morgan fingerprint density at radius 3 is 2.56 bits per heavy atom. The molecule has 0 heterocycles. The molecule has 2 rings (SSSR count). The molecule has 1 aromatic carbocycles. The summed E-state index contributed by atoms with van der Waals surface area (Å²) in [7, 11) is 0. The lowest BCUT2D eigenvalue weighted by molar-refractivity contribution is -0.384. The third-order valence-corrected chi connectivity index (χ3v) is 4.38. The molecule has 1 aliphatic rings. The van der Waals surface area contributed by atoms with E-state index in [4.69, 9.17) is 5.73 Å². The van der Waals surface area contributed by atoms with Gasteiger partial charge in [-0.1, -0.05) is 41.3 Å². The molecule has 1 aliphatic carbocycles. The van der Waals surface area contributed by atoms with E-state index < -0.39 is 0 Å². The molecule has 0 unspecified atom stereocenters. The Morgan fingerprint density at radius 2 is 2.00 bits per heavy atom. The van der Waals surface area contributed by atoms with Gasteiger partial charge in [0.2, 0.25) is 0 Å². The zero-order valence-electron chi connectivity index (χ0n) is 10.2. The van der Waals surface area contributed by atoms with Crippen LogP contribution in [-0.2, 0) is 6.42 Å². The fraction of sp³-hybridized carbons (Fsp3) is 0.538. The lowest BCUT2D eigenvalue weighted by atomic mass is 9.78. The predicted molar refractivity (Wildman–Crippen MR) is 74.5 cm³/mol. The zero-order valence-corrected chi connectivity index (χ0v) is 11.8. The lowest BCUT2D eigenvalue weighted by Gasteiger charge is -2.33. The minimum Gasteiger partial charge on any atom is -0.325 e. The van der Waals surface area contributed by atoms with Gasteiger partial charge in [0.15, 0.2) is 0 Å². The van der Waals surface area contributed by atoms with E-state index in [1.54, 1.807) is 12.1 Å². The smallest absolute Gasteiger partial charge is 0.270 e. The highest BCUT2D eigenvalue weighted by molar-refractivity contribution is 9.10. The summed E-state index contributed by atoms with van der Waals surface area (Å²) in [4.78, 5) is 10.3. The van der Waals surface area contributed by atoms with E-state index in [0.29, 0.717) is 0 Å². The van der Waals surface area contributed by atoms with E-state index >= 15 is 0 Å². The fourth-order valence-electron chi connectivity index (χ4n) is 2.61. The molecule has 4 nitrogen and oxygen atoms in total. The van der Waals surface area contributed by atoms with Crippen LogP contribution in [0, 0.1) is 10.1 Å². The van der Waals surface area contributed by atoms with Gasteiger partial charge in [0.1, 0.15) is 0 Å². The van der Waals surface area contributed by atoms with Gasteiger partial charge in [0.05, 0.1) is 4.92 Å². The van der Waals surface area contributed by atoms with Gasteiger partial charge >= 0.3 is 0 Å². The van der Waals surface area contributed by atoms with Crippen molar-refractivity contribution in [2.24, 2.45) is 5.73 Å². The van der Waals surface area contributed by atoms with Crippen LogP contribution in [0.5, 0.6) is 0 Å². The Balaban J connectivity index is 2.16. The number of non-ortho nitro benzene ring substituents is 1. The summed E-state index contributed by atoms with van der Waals surface area (Å²) in [6, 6.07) is 4.92. The van der Waals surface area contributed by atoms with Crippen molar-refractivity contribution in [1.82, 2.24) is 0 Å². The average Bonchev–Trinajstić information content (AvgIpc) is 2.32. The first-order valence-corrected chi connectivity index (χ1v) is 7.01. The van der Waals surface area contributed by atoms with Crippen LogP contribution in [0.2, 0.25) is 0 Å². The summed E-state index contributed by atoms with van der Waals surface area (Å²) in [5, 5.41) is 10.7. The molecule has 1 fully saturated rings. The fourth-order valence-corrected chi connectivity index (χ4v) is 3.11. The Morgan fingerprint density at radius 1 is 1.33 bits per heavy atom. The molecule has 18 heavy (non-hydrogen) atoms. The SMILES string of the molecule is NC1(Cc2ccc([N+](=O)[O-])cc2Br)CCCCC1. The molecule has 1 aromatic rings. The van der Waals surface area contributed by atoms with Crippen LogP contribution >= 0.6 is 15.9 Å². The number of hydrogen-bond donors (Lipinski definition) is 1. The maximum atomic E-state index is 10.7. The molecule has 0 aliphatic heterocycles. The zero-order chi connectivity index (χ0) is 13.2. The molecule has 2 N–H and O–H groups in total. The number of benzene rings is 1. The Kier molecular flexibility index (Phi) is 4.02. The first-order chi connectivity index (χ1) is 8.50. The minimum atomic E-state index is -0.382. The van der Waals surface area contributed by atoms with Gasteiger partial charge in [0.25, 0.3) is 5.69 Å². The van der Waals surface area contributed by atoms with Crippen LogP contribution in [0.25, 0.3) is 0 Å². The van der Waals surface area contributed by atoms with Gasteiger partial charge in [-0.2, -0.15) is 0 Å². The molecule has 0 aromatic heterocycles.